The van der Waals surface area contributed by atoms with Crippen LogP contribution >= 0.6 is 24.0 Å². The summed E-state index contributed by atoms with van der Waals surface area (Å²) in [6.07, 6.45) is -3.57. The zero-order valence-electron chi connectivity index (χ0n) is 16.9. The van der Waals surface area contributed by atoms with Crippen molar-refractivity contribution >= 4 is 40.0 Å². The lowest BCUT2D eigenvalue weighted by Gasteiger charge is -2.21. The number of benzene rings is 1. The predicted molar refractivity (Wildman–Crippen MR) is 121 cm³/mol. The summed E-state index contributed by atoms with van der Waals surface area (Å²) in [5.74, 6) is 0.800. The van der Waals surface area contributed by atoms with Crippen LogP contribution in [0.2, 0.25) is 0 Å². The number of alkyl halides is 3. The molecule has 12 heteroatoms. The Labute approximate surface area is 192 Å². The largest absolute Gasteiger partial charge is 0.489 e. The van der Waals surface area contributed by atoms with E-state index in [1.807, 2.05) is 6.92 Å². The van der Waals surface area contributed by atoms with E-state index >= 15 is 0 Å². The minimum atomic E-state index is -4.42. The van der Waals surface area contributed by atoms with E-state index in [0.29, 0.717) is 45.0 Å². The number of aliphatic imine (C=N–C) groups is 1. The summed E-state index contributed by atoms with van der Waals surface area (Å²) in [5.41, 5.74) is -0.757. The molecule has 0 amide bonds. The first-order valence-corrected chi connectivity index (χ1v) is 11.0. The quantitative estimate of drug-likeness (QED) is 0.289. The smallest absolute Gasteiger partial charge is 0.416 e. The summed E-state index contributed by atoms with van der Waals surface area (Å²) in [6, 6.07) is 4.78. The molecule has 0 radical (unpaired) electrons. The van der Waals surface area contributed by atoms with Crippen LogP contribution in [0.3, 0.4) is 0 Å². The molecule has 0 aromatic heterocycles. The fourth-order valence-corrected chi connectivity index (χ4v) is 4.41. The van der Waals surface area contributed by atoms with Crippen molar-refractivity contribution < 1.29 is 26.3 Å². The van der Waals surface area contributed by atoms with E-state index < -0.39 is 21.8 Å². The summed E-state index contributed by atoms with van der Waals surface area (Å²) in [4.78, 5) is 4.07. The zero-order chi connectivity index (χ0) is 21.5. The number of halogens is 4. The number of hydrogen-bond donors (Lipinski definition) is 2. The van der Waals surface area contributed by atoms with Gasteiger partial charge in [-0.1, -0.05) is 13.0 Å². The van der Waals surface area contributed by atoms with E-state index in [1.165, 1.54) is 16.4 Å². The number of guanidine groups is 1. The maximum absolute atomic E-state index is 12.8. The number of hydrogen-bond acceptors (Lipinski definition) is 4. The molecule has 1 unspecified atom stereocenters. The number of nitrogens with one attached hydrogen (secondary N) is 2. The van der Waals surface area contributed by atoms with Gasteiger partial charge in [0.25, 0.3) is 0 Å². The van der Waals surface area contributed by atoms with Gasteiger partial charge in [0.2, 0.25) is 10.0 Å². The van der Waals surface area contributed by atoms with Crippen LogP contribution in [-0.2, 0) is 16.2 Å². The van der Waals surface area contributed by atoms with Crippen LogP contribution in [-0.4, -0.2) is 63.8 Å². The minimum Gasteiger partial charge on any atom is -0.489 e. The third-order valence-corrected chi connectivity index (χ3v) is 6.45. The van der Waals surface area contributed by atoms with Crippen molar-refractivity contribution in [1.29, 1.82) is 0 Å². The summed E-state index contributed by atoms with van der Waals surface area (Å²) in [5, 5.41) is 6.09. The van der Waals surface area contributed by atoms with Gasteiger partial charge in [-0.05, 0) is 31.0 Å². The lowest BCUT2D eigenvalue weighted by atomic mass is 10.2. The van der Waals surface area contributed by atoms with Gasteiger partial charge in [0.15, 0.2) is 5.96 Å². The first-order chi connectivity index (χ1) is 13.7. The molecule has 0 bridgehead atoms. The standard InChI is InChI=1S/C18H27F3N4O3S.HI/c1-3-15(28-16-7-4-6-14(12-16)18(19,20)21)13-24-17(22-2)23-8-10-25-9-5-11-29(25,26)27;/h4,6-7,12,15H,3,5,8-11,13H2,1-2H3,(H2,22,23,24);1H. The zero-order valence-corrected chi connectivity index (χ0v) is 20.1. The molecule has 1 atom stereocenters. The first kappa shape index (κ1) is 26.8. The lowest BCUT2D eigenvalue weighted by Crippen LogP contribution is -2.45. The molecule has 0 saturated carbocycles. The van der Waals surface area contributed by atoms with Crippen LogP contribution in [0.4, 0.5) is 13.2 Å². The molecule has 1 saturated heterocycles. The van der Waals surface area contributed by atoms with Gasteiger partial charge in [0.1, 0.15) is 11.9 Å². The van der Waals surface area contributed by atoms with Crippen LogP contribution in [0.15, 0.2) is 29.3 Å². The highest BCUT2D eigenvalue weighted by atomic mass is 127. The summed E-state index contributed by atoms with van der Waals surface area (Å²) in [6.45, 7) is 3.47. The van der Waals surface area contributed by atoms with Crippen LogP contribution in [0, 0.1) is 0 Å². The number of rotatable bonds is 8. The molecular weight excluding hydrogens is 536 g/mol. The second kappa shape index (κ2) is 11.9. The topological polar surface area (TPSA) is 83.0 Å². The van der Waals surface area contributed by atoms with Gasteiger partial charge in [-0.15, -0.1) is 24.0 Å². The highest BCUT2D eigenvalue weighted by Crippen LogP contribution is 2.31. The van der Waals surface area contributed by atoms with Crippen molar-refractivity contribution in [2.45, 2.75) is 32.0 Å². The third-order valence-electron chi connectivity index (χ3n) is 4.50. The van der Waals surface area contributed by atoms with Gasteiger partial charge in [-0.3, -0.25) is 4.99 Å². The summed E-state index contributed by atoms with van der Waals surface area (Å²) in [7, 11) is -1.56. The molecule has 1 heterocycles. The average Bonchev–Trinajstić information content (AvgIpc) is 3.01. The van der Waals surface area contributed by atoms with Crippen LogP contribution in [0.25, 0.3) is 0 Å². The van der Waals surface area contributed by atoms with Crippen molar-refractivity contribution in [2.75, 3.05) is 39.0 Å². The molecule has 30 heavy (non-hydrogen) atoms. The predicted octanol–water partition coefficient (Wildman–Crippen LogP) is 2.68. The minimum absolute atomic E-state index is 0. The number of nitrogens with zero attached hydrogens (tertiary/aromatic N) is 2. The Bertz CT molecular complexity index is 806. The van der Waals surface area contributed by atoms with Crippen LogP contribution in [0.5, 0.6) is 5.75 Å². The molecule has 0 spiro atoms. The van der Waals surface area contributed by atoms with E-state index in [1.54, 1.807) is 7.05 Å². The molecule has 1 aromatic carbocycles. The Morgan fingerprint density at radius 1 is 1.33 bits per heavy atom. The average molecular weight is 564 g/mol. The molecule has 1 fully saturated rings. The van der Waals surface area contributed by atoms with E-state index in [9.17, 15) is 21.6 Å². The molecule has 1 aromatic rings. The van der Waals surface area contributed by atoms with Crippen molar-refractivity contribution in [2.24, 2.45) is 4.99 Å². The van der Waals surface area contributed by atoms with Crippen molar-refractivity contribution in [3.63, 3.8) is 0 Å². The van der Waals surface area contributed by atoms with Crippen molar-refractivity contribution in [3.05, 3.63) is 29.8 Å². The Kier molecular flexibility index (Phi) is 10.6. The highest BCUT2D eigenvalue weighted by Gasteiger charge is 2.31. The number of sulfonamides is 1. The van der Waals surface area contributed by atoms with Crippen molar-refractivity contribution in [3.8, 4) is 5.75 Å². The van der Waals surface area contributed by atoms with E-state index in [0.717, 1.165) is 12.1 Å². The maximum atomic E-state index is 12.8. The lowest BCUT2D eigenvalue weighted by molar-refractivity contribution is -0.137. The molecule has 7 nitrogen and oxygen atoms in total. The van der Waals surface area contributed by atoms with Crippen LogP contribution in [0.1, 0.15) is 25.3 Å². The number of ether oxygens (including phenoxy) is 1. The first-order valence-electron chi connectivity index (χ1n) is 9.42. The summed E-state index contributed by atoms with van der Waals surface area (Å²) < 4.78 is 69.2. The second-order valence-corrected chi connectivity index (χ2v) is 8.71. The molecule has 1 aliphatic rings. The van der Waals surface area contributed by atoms with Gasteiger partial charge < -0.3 is 15.4 Å². The Hall–Kier alpha value is -1.28. The monoisotopic (exact) mass is 564 g/mol. The van der Waals surface area contributed by atoms with E-state index in [4.69, 9.17) is 4.74 Å². The highest BCUT2D eigenvalue weighted by molar-refractivity contribution is 14.0. The van der Waals surface area contributed by atoms with Gasteiger partial charge >= 0.3 is 6.18 Å². The molecule has 2 rings (SSSR count). The molecule has 0 aliphatic carbocycles. The fraction of sp³-hybridized carbons (Fsp3) is 0.611. The van der Waals surface area contributed by atoms with Crippen LogP contribution < -0.4 is 15.4 Å². The van der Waals surface area contributed by atoms with Gasteiger partial charge in [-0.25, -0.2) is 12.7 Å². The normalized spacial score (nSPS) is 17.8. The molecular formula is C18H28F3IN4O3S. The second-order valence-electron chi connectivity index (χ2n) is 6.62. The summed E-state index contributed by atoms with van der Waals surface area (Å²) >= 11 is 0. The Morgan fingerprint density at radius 3 is 2.63 bits per heavy atom. The van der Waals surface area contributed by atoms with Gasteiger partial charge in [0, 0.05) is 26.7 Å². The van der Waals surface area contributed by atoms with Gasteiger partial charge in [0.05, 0.1) is 17.9 Å². The Balaban J connectivity index is 0.00000450. The van der Waals surface area contributed by atoms with E-state index in [-0.39, 0.29) is 41.6 Å². The Morgan fingerprint density at radius 2 is 2.07 bits per heavy atom. The van der Waals surface area contributed by atoms with Gasteiger partial charge in [-0.2, -0.15) is 13.2 Å². The molecule has 172 valence electrons. The molecule has 2 N–H and O–H groups in total. The fourth-order valence-electron chi connectivity index (χ4n) is 2.88. The SMILES string of the molecule is CCC(CNC(=NC)NCCN1CCCS1(=O)=O)Oc1cccc(C(F)(F)F)c1.I. The third kappa shape index (κ3) is 8.10. The van der Waals surface area contributed by atoms with E-state index in [2.05, 4.69) is 15.6 Å². The molecule has 1 aliphatic heterocycles. The maximum Gasteiger partial charge on any atom is 0.416 e. The van der Waals surface area contributed by atoms with Crippen molar-refractivity contribution in [1.82, 2.24) is 14.9 Å².